The summed E-state index contributed by atoms with van der Waals surface area (Å²) in [5.74, 6) is 1.98. The third-order valence-corrected chi connectivity index (χ3v) is 9.36. The quantitative estimate of drug-likeness (QED) is 0.177. The predicted octanol–water partition coefficient (Wildman–Crippen LogP) is 11.8. The first-order valence-electron chi connectivity index (χ1n) is 17.1. The van der Waals surface area contributed by atoms with Crippen LogP contribution in [-0.4, -0.2) is 19.9 Å². The van der Waals surface area contributed by atoms with E-state index in [0.29, 0.717) is 45.9 Å². The zero-order valence-electron chi connectivity index (χ0n) is 28.8. The molecule has 0 saturated heterocycles. The average molecular weight is 679 g/mol. The lowest BCUT2D eigenvalue weighted by Crippen LogP contribution is -1.89. The molecule has 8 heteroatoms. The van der Waals surface area contributed by atoms with Gasteiger partial charge in [0.1, 0.15) is 22.1 Å². The van der Waals surface area contributed by atoms with Crippen LogP contribution < -0.4 is 0 Å². The van der Waals surface area contributed by atoms with Gasteiger partial charge in [-0.1, -0.05) is 24.3 Å². The lowest BCUT2D eigenvalue weighted by molar-refractivity contribution is 0.616. The van der Waals surface area contributed by atoms with Crippen molar-refractivity contribution in [1.82, 2.24) is 19.9 Å². The smallest absolute Gasteiger partial charge is 0.227 e. The van der Waals surface area contributed by atoms with Gasteiger partial charge in [-0.15, -0.1) is 0 Å². The molecule has 0 N–H and O–H groups in total. The van der Waals surface area contributed by atoms with Crippen molar-refractivity contribution in [2.24, 2.45) is 0 Å². The predicted molar refractivity (Wildman–Crippen MR) is 203 cm³/mol. The highest BCUT2D eigenvalue weighted by atomic mass is 16.4. The molecule has 8 nitrogen and oxygen atoms in total. The summed E-state index contributed by atoms with van der Waals surface area (Å²) >= 11 is 0. The zero-order chi connectivity index (χ0) is 35.1. The molecule has 52 heavy (non-hydrogen) atoms. The second kappa shape index (κ2) is 11.4. The van der Waals surface area contributed by atoms with Crippen molar-refractivity contribution in [3.05, 3.63) is 131 Å². The Morgan fingerprint density at radius 2 is 0.519 bits per heavy atom. The van der Waals surface area contributed by atoms with Gasteiger partial charge < -0.3 is 17.7 Å². The molecule has 4 heterocycles. The molecule has 0 atom stereocenters. The first-order valence-corrected chi connectivity index (χ1v) is 17.1. The number of rotatable bonds is 5. The van der Waals surface area contributed by atoms with Crippen molar-refractivity contribution < 1.29 is 17.7 Å². The summed E-state index contributed by atoms with van der Waals surface area (Å²) in [7, 11) is 0. The summed E-state index contributed by atoms with van der Waals surface area (Å²) < 4.78 is 25.3. The maximum absolute atomic E-state index is 6.33. The molecule has 0 radical (unpaired) electrons. The molecule has 0 aliphatic rings. The maximum Gasteiger partial charge on any atom is 0.227 e. The van der Waals surface area contributed by atoms with Crippen LogP contribution in [0.4, 0.5) is 0 Å². The summed E-state index contributed by atoms with van der Waals surface area (Å²) in [6.45, 7) is 8.18. The monoisotopic (exact) mass is 678 g/mol. The number of nitrogens with zero attached hydrogens (tertiary/aromatic N) is 4. The van der Waals surface area contributed by atoms with Gasteiger partial charge >= 0.3 is 0 Å². The van der Waals surface area contributed by atoms with Gasteiger partial charge in [0.2, 0.25) is 23.6 Å². The fourth-order valence-electron chi connectivity index (χ4n) is 6.73. The van der Waals surface area contributed by atoms with Crippen LogP contribution >= 0.6 is 0 Å². The minimum atomic E-state index is 0.496. The van der Waals surface area contributed by atoms with E-state index in [9.17, 15) is 0 Å². The van der Waals surface area contributed by atoms with Crippen molar-refractivity contribution in [2.45, 2.75) is 27.7 Å². The van der Waals surface area contributed by atoms with E-state index in [1.165, 1.54) is 0 Å². The van der Waals surface area contributed by atoms with Gasteiger partial charge in [-0.05, 0) is 146 Å². The molecule has 4 aromatic heterocycles. The van der Waals surface area contributed by atoms with Crippen LogP contribution in [0.5, 0.6) is 0 Å². The lowest BCUT2D eigenvalue weighted by Gasteiger charge is -2.10. The Bertz CT molecular complexity index is 2630. The Balaban J connectivity index is 1.21. The molecule has 0 aliphatic carbocycles. The first-order chi connectivity index (χ1) is 25.3. The van der Waals surface area contributed by atoms with Crippen LogP contribution in [-0.2, 0) is 0 Å². The number of aryl methyl sites for hydroxylation is 4. The third-order valence-electron chi connectivity index (χ3n) is 9.36. The van der Waals surface area contributed by atoms with Gasteiger partial charge in [0.05, 0.1) is 0 Å². The topological polar surface area (TPSA) is 104 Å². The SMILES string of the molecule is Cc1ccc2oc(-c3cc(-c4cc(-c5nc6cc(C)ccc6o5)cc(-c5nc6cc(C)ccc6o5)c4)cc(-c4nc5cc(C)ccc5o4)c3)nc2c1. The number of oxazole rings is 4. The molecule has 10 rings (SSSR count). The van der Waals surface area contributed by atoms with E-state index in [4.69, 9.17) is 37.6 Å². The van der Waals surface area contributed by atoms with Crippen molar-refractivity contribution in [3.63, 3.8) is 0 Å². The highest BCUT2D eigenvalue weighted by molar-refractivity contribution is 5.87. The minimum absolute atomic E-state index is 0.496. The second-order valence-corrected chi connectivity index (χ2v) is 13.6. The third kappa shape index (κ3) is 5.24. The Hall–Kier alpha value is -6.80. The van der Waals surface area contributed by atoms with E-state index in [1.54, 1.807) is 0 Å². The minimum Gasteiger partial charge on any atom is -0.436 e. The summed E-state index contributed by atoms with van der Waals surface area (Å²) in [5.41, 5.74) is 15.3. The van der Waals surface area contributed by atoms with E-state index >= 15 is 0 Å². The van der Waals surface area contributed by atoms with Crippen molar-refractivity contribution in [3.8, 4) is 56.9 Å². The van der Waals surface area contributed by atoms with Crippen molar-refractivity contribution >= 4 is 44.4 Å². The molecular formula is C44H30N4O4. The molecule has 0 spiro atoms. The van der Waals surface area contributed by atoms with Gasteiger partial charge in [-0.3, -0.25) is 0 Å². The molecule has 0 bridgehead atoms. The van der Waals surface area contributed by atoms with Gasteiger partial charge in [-0.2, -0.15) is 0 Å². The number of hydrogen-bond donors (Lipinski definition) is 0. The highest BCUT2D eigenvalue weighted by Crippen LogP contribution is 2.39. The van der Waals surface area contributed by atoms with Gasteiger partial charge in [0.25, 0.3) is 0 Å². The van der Waals surface area contributed by atoms with Crippen LogP contribution in [0.3, 0.4) is 0 Å². The molecule has 0 fully saturated rings. The van der Waals surface area contributed by atoms with E-state index < -0.39 is 0 Å². The van der Waals surface area contributed by atoms with Crippen LogP contribution in [0.15, 0.2) is 127 Å². The van der Waals surface area contributed by atoms with E-state index in [0.717, 1.165) is 77.7 Å². The number of benzene rings is 6. The molecule has 6 aromatic carbocycles. The van der Waals surface area contributed by atoms with Gasteiger partial charge in [-0.25, -0.2) is 19.9 Å². The molecule has 0 saturated carbocycles. The summed E-state index contributed by atoms with van der Waals surface area (Å²) in [5, 5.41) is 0. The second-order valence-electron chi connectivity index (χ2n) is 13.6. The molecule has 10 aromatic rings. The molecule has 250 valence electrons. The van der Waals surface area contributed by atoms with E-state index in [2.05, 4.69) is 24.3 Å². The Morgan fingerprint density at radius 1 is 0.288 bits per heavy atom. The summed E-state index contributed by atoms with van der Waals surface area (Å²) in [6.07, 6.45) is 0. The Morgan fingerprint density at radius 3 is 0.769 bits per heavy atom. The van der Waals surface area contributed by atoms with Gasteiger partial charge in [0, 0.05) is 22.3 Å². The normalized spacial score (nSPS) is 11.8. The molecule has 0 aliphatic heterocycles. The van der Waals surface area contributed by atoms with Gasteiger partial charge in [0.15, 0.2) is 22.3 Å². The zero-order valence-corrected chi connectivity index (χ0v) is 28.8. The number of fused-ring (bicyclic) bond motifs is 4. The largest absolute Gasteiger partial charge is 0.436 e. The van der Waals surface area contributed by atoms with Crippen LogP contribution in [0, 0.1) is 27.7 Å². The van der Waals surface area contributed by atoms with Crippen LogP contribution in [0.25, 0.3) is 101 Å². The first kappa shape index (κ1) is 30.1. The molecule has 0 unspecified atom stereocenters. The Labute approximate surface area is 297 Å². The van der Waals surface area contributed by atoms with Crippen LogP contribution in [0.1, 0.15) is 22.3 Å². The maximum atomic E-state index is 6.33. The van der Waals surface area contributed by atoms with Crippen LogP contribution in [0.2, 0.25) is 0 Å². The lowest BCUT2D eigenvalue weighted by atomic mass is 9.96. The van der Waals surface area contributed by atoms with Crippen molar-refractivity contribution in [2.75, 3.05) is 0 Å². The summed E-state index contributed by atoms with van der Waals surface area (Å²) in [6, 6.07) is 36.3. The molecular weight excluding hydrogens is 649 g/mol. The number of aromatic nitrogens is 4. The highest BCUT2D eigenvalue weighted by Gasteiger charge is 2.20. The molecule has 0 amide bonds. The fourth-order valence-corrected chi connectivity index (χ4v) is 6.73. The van der Waals surface area contributed by atoms with Crippen molar-refractivity contribution in [1.29, 1.82) is 0 Å². The Kier molecular flexibility index (Phi) is 6.57. The fraction of sp³-hybridized carbons (Fsp3) is 0.0909. The average Bonchev–Trinajstić information content (AvgIpc) is 3.95. The van der Waals surface area contributed by atoms with E-state index in [-0.39, 0.29) is 0 Å². The summed E-state index contributed by atoms with van der Waals surface area (Å²) in [4.78, 5) is 19.6. The number of hydrogen-bond acceptors (Lipinski definition) is 8. The van der Waals surface area contributed by atoms with E-state index in [1.807, 2.05) is 113 Å². The standard InChI is InChI=1S/C44H30N4O4/c1-23-5-9-37-33(13-23)45-41(49-37)29-17-27(18-30(21-29)42-46-34-14-24(2)6-10-38(34)50-42)28-19-31(43-47-35-15-25(3)7-11-39(35)51-43)22-32(20-28)44-48-36-16-26(4)8-12-40(36)52-44/h5-22H,1-4H3.